The van der Waals surface area contributed by atoms with Crippen LogP contribution in [-0.4, -0.2) is 47.1 Å². The van der Waals surface area contributed by atoms with Crippen molar-refractivity contribution in [1.82, 2.24) is 15.2 Å². The Labute approximate surface area is 135 Å². The third-order valence-electron chi connectivity index (χ3n) is 3.44. The maximum Gasteiger partial charge on any atom is 0.255 e. The molecule has 1 saturated heterocycles. The zero-order valence-corrected chi connectivity index (χ0v) is 14.0. The molecule has 2 amide bonds. The molecule has 22 heavy (non-hydrogen) atoms. The van der Waals surface area contributed by atoms with Crippen LogP contribution < -0.4 is 5.32 Å². The highest BCUT2D eigenvalue weighted by Gasteiger charge is 2.19. The van der Waals surface area contributed by atoms with E-state index in [4.69, 9.17) is 0 Å². The van der Waals surface area contributed by atoms with Gasteiger partial charge in [-0.1, -0.05) is 25.6 Å². The third kappa shape index (κ3) is 5.02. The van der Waals surface area contributed by atoms with E-state index in [0.717, 1.165) is 31.0 Å². The van der Waals surface area contributed by atoms with Gasteiger partial charge in [-0.05, 0) is 30.9 Å². The Balaban J connectivity index is 1.81. The molecule has 0 unspecified atom stereocenters. The topological polar surface area (TPSA) is 62.3 Å². The molecule has 2 heterocycles. The lowest BCUT2D eigenvalue weighted by atomic mass is 10.2. The molecule has 0 spiro atoms. The van der Waals surface area contributed by atoms with Gasteiger partial charge in [0, 0.05) is 25.8 Å². The van der Waals surface area contributed by atoms with Crippen molar-refractivity contribution < 1.29 is 9.59 Å². The summed E-state index contributed by atoms with van der Waals surface area (Å²) in [4.78, 5) is 30.0. The monoisotopic (exact) mass is 321 g/mol. The lowest BCUT2D eigenvalue weighted by Crippen LogP contribution is -2.28. The molecule has 6 heteroatoms. The van der Waals surface area contributed by atoms with E-state index < -0.39 is 0 Å². The largest absolute Gasteiger partial charge is 0.355 e. The van der Waals surface area contributed by atoms with Gasteiger partial charge >= 0.3 is 0 Å². The number of hydrogen-bond donors (Lipinski definition) is 1. The Morgan fingerprint density at radius 3 is 2.64 bits per heavy atom. The summed E-state index contributed by atoms with van der Waals surface area (Å²) < 4.78 is 0. The van der Waals surface area contributed by atoms with Gasteiger partial charge in [-0.25, -0.2) is 4.98 Å². The van der Waals surface area contributed by atoms with Crippen molar-refractivity contribution in [2.24, 2.45) is 5.92 Å². The van der Waals surface area contributed by atoms with Crippen molar-refractivity contribution in [2.45, 2.75) is 31.7 Å². The molecule has 5 nitrogen and oxygen atoms in total. The molecule has 0 bridgehead atoms. The molecule has 1 N–H and O–H groups in total. The summed E-state index contributed by atoms with van der Waals surface area (Å²) in [6.45, 7) is 6.49. The first-order chi connectivity index (χ1) is 10.6. The highest BCUT2D eigenvalue weighted by molar-refractivity contribution is 7.99. The Morgan fingerprint density at radius 2 is 2.05 bits per heavy atom. The molecule has 0 radical (unpaired) electrons. The third-order valence-corrected chi connectivity index (χ3v) is 4.38. The molecule has 2 rings (SSSR count). The van der Waals surface area contributed by atoms with Gasteiger partial charge in [0.25, 0.3) is 5.91 Å². The number of aromatic nitrogens is 1. The predicted octanol–water partition coefficient (Wildman–Crippen LogP) is 2.18. The number of carbonyl (C=O) groups excluding carboxylic acids is 2. The lowest BCUT2D eigenvalue weighted by molar-refractivity contribution is -0.118. The Hall–Kier alpha value is -1.56. The van der Waals surface area contributed by atoms with E-state index >= 15 is 0 Å². The second-order valence-corrected chi connectivity index (χ2v) is 6.87. The fourth-order valence-corrected chi connectivity index (χ4v) is 2.88. The van der Waals surface area contributed by atoms with E-state index in [-0.39, 0.29) is 11.8 Å². The second-order valence-electron chi connectivity index (χ2n) is 5.87. The number of hydrogen-bond acceptors (Lipinski definition) is 4. The minimum absolute atomic E-state index is 0.0118. The molecule has 1 aliphatic heterocycles. The maximum atomic E-state index is 12.2. The van der Waals surface area contributed by atoms with E-state index in [1.165, 1.54) is 11.8 Å². The summed E-state index contributed by atoms with van der Waals surface area (Å²) in [5, 5.41) is 3.63. The number of carbonyl (C=O) groups is 2. The van der Waals surface area contributed by atoms with Gasteiger partial charge < -0.3 is 10.2 Å². The number of pyridine rings is 1. The predicted molar refractivity (Wildman–Crippen MR) is 87.9 cm³/mol. The van der Waals surface area contributed by atoms with Crippen LogP contribution >= 0.6 is 11.8 Å². The van der Waals surface area contributed by atoms with E-state index in [9.17, 15) is 9.59 Å². The minimum atomic E-state index is 0.0118. The van der Waals surface area contributed by atoms with Gasteiger partial charge in [-0.15, -0.1) is 0 Å². The molecule has 0 saturated carbocycles. The molecule has 0 aromatic carbocycles. The summed E-state index contributed by atoms with van der Waals surface area (Å²) in [6, 6.07) is 3.60. The number of nitrogens with one attached hydrogen (secondary N) is 1. The van der Waals surface area contributed by atoms with Crippen molar-refractivity contribution in [3.8, 4) is 0 Å². The van der Waals surface area contributed by atoms with Crippen LogP contribution in [0.2, 0.25) is 0 Å². The summed E-state index contributed by atoms with van der Waals surface area (Å²) in [5.41, 5.74) is 0.621. The number of rotatable bonds is 6. The standard InChI is InChI=1S/C16H23N3O2S/c1-12(2)9-17-14(20)11-22-15-6-5-13(10-18-15)16(21)19-7-3-4-8-19/h5-6,10,12H,3-4,7-9,11H2,1-2H3,(H,17,20). The summed E-state index contributed by atoms with van der Waals surface area (Å²) in [6.07, 6.45) is 3.77. The highest BCUT2D eigenvalue weighted by Crippen LogP contribution is 2.17. The molecule has 0 atom stereocenters. The fourth-order valence-electron chi connectivity index (χ4n) is 2.20. The summed E-state index contributed by atoms with van der Waals surface area (Å²) in [7, 11) is 0. The molecule has 1 aromatic heterocycles. The van der Waals surface area contributed by atoms with E-state index in [1.54, 1.807) is 12.3 Å². The van der Waals surface area contributed by atoms with Crippen LogP contribution in [0.15, 0.2) is 23.4 Å². The Kier molecular flexibility index (Phi) is 6.24. The van der Waals surface area contributed by atoms with Crippen LogP contribution in [0.5, 0.6) is 0 Å². The second kappa shape index (κ2) is 8.17. The number of nitrogens with zero attached hydrogens (tertiary/aromatic N) is 2. The number of thioether (sulfide) groups is 1. The normalized spacial score (nSPS) is 14.4. The van der Waals surface area contributed by atoms with Gasteiger partial charge in [-0.2, -0.15) is 0 Å². The Bertz CT molecular complexity index is 511. The maximum absolute atomic E-state index is 12.2. The molecular formula is C16H23N3O2S. The van der Waals surface area contributed by atoms with Crippen LogP contribution in [0.3, 0.4) is 0 Å². The van der Waals surface area contributed by atoms with Crippen molar-refractivity contribution in [2.75, 3.05) is 25.4 Å². The molecule has 1 fully saturated rings. The average molecular weight is 321 g/mol. The van der Waals surface area contributed by atoms with E-state index in [2.05, 4.69) is 24.1 Å². The number of amides is 2. The first kappa shape index (κ1) is 16.8. The van der Waals surface area contributed by atoms with Crippen LogP contribution in [0, 0.1) is 5.92 Å². The van der Waals surface area contributed by atoms with Crippen molar-refractivity contribution in [1.29, 1.82) is 0 Å². The van der Waals surface area contributed by atoms with E-state index in [1.807, 2.05) is 11.0 Å². The Morgan fingerprint density at radius 1 is 1.32 bits per heavy atom. The van der Waals surface area contributed by atoms with Crippen LogP contribution in [0.1, 0.15) is 37.0 Å². The fraction of sp³-hybridized carbons (Fsp3) is 0.562. The molecule has 1 aliphatic rings. The SMILES string of the molecule is CC(C)CNC(=O)CSc1ccc(C(=O)N2CCCC2)cn1. The van der Waals surface area contributed by atoms with Crippen molar-refractivity contribution in [3.63, 3.8) is 0 Å². The first-order valence-electron chi connectivity index (χ1n) is 7.71. The number of likely N-dealkylation sites (tertiary alicyclic amines) is 1. The molecular weight excluding hydrogens is 298 g/mol. The molecule has 0 aliphatic carbocycles. The summed E-state index contributed by atoms with van der Waals surface area (Å²) in [5.74, 6) is 0.857. The first-order valence-corrected chi connectivity index (χ1v) is 8.69. The van der Waals surface area contributed by atoms with Crippen molar-refractivity contribution in [3.05, 3.63) is 23.9 Å². The molecule has 1 aromatic rings. The van der Waals surface area contributed by atoms with Gasteiger partial charge in [0.2, 0.25) is 5.91 Å². The van der Waals surface area contributed by atoms with Crippen LogP contribution in [0.25, 0.3) is 0 Å². The lowest BCUT2D eigenvalue weighted by Gasteiger charge is -2.14. The summed E-state index contributed by atoms with van der Waals surface area (Å²) >= 11 is 1.38. The van der Waals surface area contributed by atoms with Gasteiger partial charge in [0.15, 0.2) is 0 Å². The van der Waals surface area contributed by atoms with Gasteiger partial charge in [0.1, 0.15) is 0 Å². The van der Waals surface area contributed by atoms with Crippen LogP contribution in [-0.2, 0) is 4.79 Å². The average Bonchev–Trinajstić information content (AvgIpc) is 3.05. The zero-order valence-electron chi connectivity index (χ0n) is 13.2. The molecule has 120 valence electrons. The van der Waals surface area contributed by atoms with Gasteiger partial charge in [0.05, 0.1) is 16.3 Å². The quantitative estimate of drug-likeness (QED) is 0.816. The van der Waals surface area contributed by atoms with E-state index in [0.29, 0.717) is 23.8 Å². The smallest absolute Gasteiger partial charge is 0.255 e. The highest BCUT2D eigenvalue weighted by atomic mass is 32.2. The zero-order chi connectivity index (χ0) is 15.9. The minimum Gasteiger partial charge on any atom is -0.355 e. The van der Waals surface area contributed by atoms with Crippen molar-refractivity contribution >= 4 is 23.6 Å². The van der Waals surface area contributed by atoms with Crippen LogP contribution in [0.4, 0.5) is 0 Å². The van der Waals surface area contributed by atoms with Gasteiger partial charge in [-0.3, -0.25) is 9.59 Å².